The first-order valence-corrected chi connectivity index (χ1v) is 6.43. The number of H-pyrrole nitrogens is 1. The monoisotopic (exact) mass is 296 g/mol. The van der Waals surface area contributed by atoms with Gasteiger partial charge in [-0.2, -0.15) is 4.98 Å². The number of imidazole rings is 1. The van der Waals surface area contributed by atoms with Crippen molar-refractivity contribution in [2.45, 2.75) is 18.4 Å². The number of nitrogens with two attached hydrogens (primary N) is 2. The molecule has 0 radical (unpaired) electrons. The van der Waals surface area contributed by atoms with E-state index < -0.39 is 29.9 Å². The lowest BCUT2D eigenvalue weighted by atomic mass is 10.00. The number of aromatic amines is 1. The van der Waals surface area contributed by atoms with Crippen molar-refractivity contribution in [3.8, 4) is 0 Å². The zero-order valence-corrected chi connectivity index (χ0v) is 11.0. The van der Waals surface area contributed by atoms with Gasteiger partial charge in [0.1, 0.15) is 12.3 Å². The Morgan fingerprint density at radius 1 is 1.52 bits per heavy atom. The summed E-state index contributed by atoms with van der Waals surface area (Å²) in [5, 5.41) is 19.3. The highest BCUT2D eigenvalue weighted by Crippen LogP contribution is 2.35. The number of ether oxygens (including phenoxy) is 1. The summed E-state index contributed by atoms with van der Waals surface area (Å²) in [6, 6.07) is 0. The smallest absolute Gasteiger partial charge is 0.280 e. The van der Waals surface area contributed by atoms with Crippen LogP contribution in [-0.2, 0) is 4.74 Å². The second-order valence-electron chi connectivity index (χ2n) is 4.91. The van der Waals surface area contributed by atoms with Gasteiger partial charge in [-0.3, -0.25) is 14.3 Å². The molecular formula is C11H16N6O4. The lowest BCUT2D eigenvalue weighted by molar-refractivity contribution is -0.0448. The van der Waals surface area contributed by atoms with Crippen LogP contribution >= 0.6 is 0 Å². The van der Waals surface area contributed by atoms with Gasteiger partial charge in [0.05, 0.1) is 19.0 Å². The van der Waals surface area contributed by atoms with E-state index in [0.717, 1.165) is 0 Å². The van der Waals surface area contributed by atoms with Crippen LogP contribution in [0.1, 0.15) is 6.23 Å². The Hall–Kier alpha value is -2.01. The second kappa shape index (κ2) is 5.07. The van der Waals surface area contributed by atoms with E-state index in [9.17, 15) is 15.0 Å². The van der Waals surface area contributed by atoms with Crippen LogP contribution in [0.15, 0.2) is 11.1 Å². The first kappa shape index (κ1) is 13.9. The molecule has 1 fully saturated rings. The predicted octanol–water partition coefficient (Wildman–Crippen LogP) is -2.47. The molecule has 0 saturated carbocycles. The third-order valence-electron chi connectivity index (χ3n) is 3.68. The minimum atomic E-state index is -0.915. The Balaban J connectivity index is 2.10. The van der Waals surface area contributed by atoms with E-state index in [4.69, 9.17) is 16.2 Å². The maximum Gasteiger partial charge on any atom is 0.280 e. The van der Waals surface area contributed by atoms with Gasteiger partial charge in [-0.05, 0) is 0 Å². The number of fused-ring (bicyclic) bond motifs is 1. The molecule has 0 unspecified atom stereocenters. The summed E-state index contributed by atoms with van der Waals surface area (Å²) in [4.78, 5) is 22.1. The topological polar surface area (TPSA) is 165 Å². The molecule has 1 aliphatic heterocycles. The fraction of sp³-hybridized carbons (Fsp3) is 0.545. The molecule has 0 aromatic carbocycles. The highest BCUT2D eigenvalue weighted by Gasteiger charge is 2.44. The summed E-state index contributed by atoms with van der Waals surface area (Å²) in [6.45, 7) is -0.197. The highest BCUT2D eigenvalue weighted by molar-refractivity contribution is 5.70. The summed E-state index contributed by atoms with van der Waals surface area (Å²) in [5.41, 5.74) is 11.1. The van der Waals surface area contributed by atoms with Crippen LogP contribution in [0.2, 0.25) is 0 Å². The zero-order chi connectivity index (χ0) is 15.1. The Morgan fingerprint density at radius 2 is 2.29 bits per heavy atom. The quantitative estimate of drug-likeness (QED) is 0.415. The van der Waals surface area contributed by atoms with Crippen LogP contribution in [0.4, 0.5) is 5.95 Å². The van der Waals surface area contributed by atoms with Crippen molar-refractivity contribution < 1.29 is 14.9 Å². The fourth-order valence-corrected chi connectivity index (χ4v) is 2.61. The summed E-state index contributed by atoms with van der Waals surface area (Å²) < 4.78 is 7.11. The lowest BCUT2D eigenvalue weighted by Gasteiger charge is -2.19. The largest absolute Gasteiger partial charge is 0.394 e. The first-order valence-electron chi connectivity index (χ1n) is 6.43. The van der Waals surface area contributed by atoms with Crippen LogP contribution in [0.5, 0.6) is 0 Å². The van der Waals surface area contributed by atoms with E-state index in [-0.39, 0.29) is 30.3 Å². The second-order valence-corrected chi connectivity index (χ2v) is 4.91. The third-order valence-corrected chi connectivity index (χ3v) is 3.68. The summed E-state index contributed by atoms with van der Waals surface area (Å²) >= 11 is 0. The molecule has 21 heavy (non-hydrogen) atoms. The standard InChI is InChI=1S/C11H16N6O4/c12-1-4-7(19)5(2-18)21-10(4)17-3-14-6-8(17)15-11(13)16-9(6)20/h3-5,7,10,18-19H,1-2,12H2,(H3,13,15,16,20)/t4-,5-,7+,10-/m1/s1. The van der Waals surface area contributed by atoms with Gasteiger partial charge in [-0.1, -0.05) is 0 Å². The Kier molecular flexibility index (Phi) is 3.37. The van der Waals surface area contributed by atoms with Gasteiger partial charge in [0.2, 0.25) is 5.95 Å². The van der Waals surface area contributed by atoms with Gasteiger partial charge in [0.15, 0.2) is 11.2 Å². The number of aliphatic hydroxyl groups is 2. The van der Waals surface area contributed by atoms with E-state index in [1.54, 1.807) is 0 Å². The Bertz CT molecular complexity index is 712. The van der Waals surface area contributed by atoms with E-state index in [1.807, 2.05) is 0 Å². The van der Waals surface area contributed by atoms with Crippen molar-refractivity contribution in [3.05, 3.63) is 16.7 Å². The van der Waals surface area contributed by atoms with Gasteiger partial charge in [0, 0.05) is 12.5 Å². The molecule has 7 N–H and O–H groups in total. The van der Waals surface area contributed by atoms with Gasteiger partial charge in [-0.15, -0.1) is 0 Å². The van der Waals surface area contributed by atoms with E-state index in [1.165, 1.54) is 10.9 Å². The molecule has 10 heteroatoms. The van der Waals surface area contributed by atoms with Crippen molar-refractivity contribution in [2.75, 3.05) is 18.9 Å². The molecule has 2 aromatic rings. The summed E-state index contributed by atoms with van der Waals surface area (Å²) in [5.74, 6) is -0.502. The SMILES string of the molecule is NC[C@@H]1[C@H](O)[C@@H](CO)O[C@H]1n1cnc2c(=O)[nH]c(N)nc21. The van der Waals surface area contributed by atoms with Crippen LogP contribution in [0, 0.1) is 5.92 Å². The first-order chi connectivity index (χ1) is 10.1. The molecule has 3 rings (SSSR count). The van der Waals surface area contributed by atoms with Crippen LogP contribution < -0.4 is 17.0 Å². The number of nitrogens with one attached hydrogen (secondary N) is 1. The lowest BCUT2D eigenvalue weighted by Crippen LogP contribution is -2.33. The minimum absolute atomic E-state index is 0.0456. The van der Waals surface area contributed by atoms with Crippen molar-refractivity contribution in [1.82, 2.24) is 19.5 Å². The van der Waals surface area contributed by atoms with Crippen LogP contribution in [0.25, 0.3) is 11.2 Å². The van der Waals surface area contributed by atoms with Gasteiger partial charge in [0.25, 0.3) is 5.56 Å². The maximum absolute atomic E-state index is 11.8. The molecule has 0 spiro atoms. The highest BCUT2D eigenvalue weighted by atomic mass is 16.5. The van der Waals surface area contributed by atoms with Crippen LogP contribution in [-0.4, -0.2) is 55.1 Å². The zero-order valence-electron chi connectivity index (χ0n) is 11.0. The molecule has 0 bridgehead atoms. The van der Waals surface area contributed by atoms with Crippen molar-refractivity contribution in [3.63, 3.8) is 0 Å². The number of hydrogen-bond donors (Lipinski definition) is 5. The third kappa shape index (κ3) is 2.08. The number of aromatic nitrogens is 4. The van der Waals surface area contributed by atoms with Gasteiger partial charge >= 0.3 is 0 Å². The van der Waals surface area contributed by atoms with Gasteiger partial charge in [-0.25, -0.2) is 4.98 Å². The Morgan fingerprint density at radius 3 is 2.95 bits per heavy atom. The average Bonchev–Trinajstić information content (AvgIpc) is 2.99. The van der Waals surface area contributed by atoms with Crippen molar-refractivity contribution in [1.29, 1.82) is 0 Å². The molecule has 114 valence electrons. The predicted molar refractivity (Wildman–Crippen MR) is 72.1 cm³/mol. The normalized spacial score (nSPS) is 29.3. The van der Waals surface area contributed by atoms with E-state index in [0.29, 0.717) is 0 Å². The Labute approximate surface area is 118 Å². The number of aliphatic hydroxyl groups excluding tert-OH is 2. The summed E-state index contributed by atoms with van der Waals surface area (Å²) in [7, 11) is 0. The number of anilines is 1. The van der Waals surface area contributed by atoms with Crippen molar-refractivity contribution in [2.24, 2.45) is 11.7 Å². The average molecular weight is 296 g/mol. The molecule has 0 aliphatic carbocycles. The molecule has 4 atom stereocenters. The number of rotatable bonds is 3. The maximum atomic E-state index is 11.8. The van der Waals surface area contributed by atoms with Crippen molar-refractivity contribution >= 4 is 17.1 Å². The van der Waals surface area contributed by atoms with E-state index >= 15 is 0 Å². The fourth-order valence-electron chi connectivity index (χ4n) is 2.61. The van der Waals surface area contributed by atoms with E-state index in [2.05, 4.69) is 15.0 Å². The molecule has 0 amide bonds. The van der Waals surface area contributed by atoms with Crippen LogP contribution in [0.3, 0.4) is 0 Å². The number of nitrogens with zero attached hydrogens (tertiary/aromatic N) is 3. The molecule has 2 aromatic heterocycles. The molecule has 3 heterocycles. The number of nitrogen functional groups attached to an aromatic ring is 1. The minimum Gasteiger partial charge on any atom is -0.394 e. The molecule has 1 saturated heterocycles. The number of hydrogen-bond acceptors (Lipinski definition) is 8. The molecule has 1 aliphatic rings. The molecule has 10 nitrogen and oxygen atoms in total. The summed E-state index contributed by atoms with van der Waals surface area (Å²) in [6.07, 6.45) is -0.963. The molecular weight excluding hydrogens is 280 g/mol. The van der Waals surface area contributed by atoms with Gasteiger partial charge < -0.3 is 26.4 Å².